The molecule has 0 amide bonds. The van der Waals surface area contributed by atoms with Crippen LogP contribution < -0.4 is 10.5 Å². The van der Waals surface area contributed by atoms with Crippen molar-refractivity contribution in [1.29, 1.82) is 0 Å². The third-order valence-electron chi connectivity index (χ3n) is 2.01. The molecule has 0 heterocycles. The molecule has 2 nitrogen and oxygen atoms in total. The van der Waals surface area contributed by atoms with Crippen LogP contribution in [-0.4, -0.2) is 19.6 Å². The van der Waals surface area contributed by atoms with E-state index >= 15 is 0 Å². The third kappa shape index (κ3) is 3.13. The largest absolute Gasteiger partial charge is 0.494 e. The Bertz CT molecular complexity index is 330. The molecule has 1 aromatic carbocycles. The Kier molecular flexibility index (Phi) is 3.96. The first-order chi connectivity index (χ1) is 7.04. The van der Waals surface area contributed by atoms with Crippen LogP contribution in [0.1, 0.15) is 5.56 Å². The summed E-state index contributed by atoms with van der Waals surface area (Å²) in [5.74, 6) is -0.485. The van der Waals surface area contributed by atoms with Crippen molar-refractivity contribution in [2.75, 3.05) is 7.11 Å². The van der Waals surface area contributed by atoms with Crippen LogP contribution in [0.4, 0.5) is 13.2 Å². The van der Waals surface area contributed by atoms with E-state index in [0.717, 1.165) is 0 Å². The summed E-state index contributed by atoms with van der Waals surface area (Å²) in [4.78, 5) is 0. The van der Waals surface area contributed by atoms with Crippen LogP contribution in [0.25, 0.3) is 0 Å². The summed E-state index contributed by atoms with van der Waals surface area (Å²) >= 11 is 0. The fourth-order valence-corrected chi connectivity index (χ4v) is 1.19. The van der Waals surface area contributed by atoms with Crippen LogP contribution in [0.5, 0.6) is 5.75 Å². The smallest absolute Gasteiger partial charge is 0.253 e. The summed E-state index contributed by atoms with van der Waals surface area (Å²) in [6.07, 6.45) is -2.59. The number of ether oxygens (including phenoxy) is 1. The van der Waals surface area contributed by atoms with Crippen LogP contribution in [0.2, 0.25) is 0 Å². The van der Waals surface area contributed by atoms with Crippen molar-refractivity contribution < 1.29 is 17.9 Å². The number of alkyl halides is 2. The molecule has 0 saturated heterocycles. The Hall–Kier alpha value is -1.23. The molecular weight excluding hydrogens is 207 g/mol. The monoisotopic (exact) mass is 219 g/mol. The predicted molar refractivity (Wildman–Crippen MR) is 50.6 cm³/mol. The van der Waals surface area contributed by atoms with Gasteiger partial charge in [0.2, 0.25) is 0 Å². The molecule has 0 saturated carbocycles. The Labute approximate surface area is 85.8 Å². The van der Waals surface area contributed by atoms with Crippen LogP contribution in [0.15, 0.2) is 18.2 Å². The maximum Gasteiger partial charge on any atom is 0.253 e. The van der Waals surface area contributed by atoms with Gasteiger partial charge in [0, 0.05) is 0 Å². The van der Waals surface area contributed by atoms with E-state index in [0.29, 0.717) is 5.56 Å². The van der Waals surface area contributed by atoms with Gasteiger partial charge in [-0.2, -0.15) is 0 Å². The van der Waals surface area contributed by atoms with Gasteiger partial charge in [0.1, 0.15) is 0 Å². The minimum absolute atomic E-state index is 0.00565. The van der Waals surface area contributed by atoms with Gasteiger partial charge in [-0.15, -0.1) is 0 Å². The Morgan fingerprint density at radius 2 is 2.07 bits per heavy atom. The maximum atomic E-state index is 13.0. The molecule has 1 unspecified atom stereocenters. The highest BCUT2D eigenvalue weighted by Crippen LogP contribution is 2.19. The van der Waals surface area contributed by atoms with E-state index in [1.807, 2.05) is 0 Å². The van der Waals surface area contributed by atoms with Crippen molar-refractivity contribution in [3.8, 4) is 5.75 Å². The van der Waals surface area contributed by atoms with E-state index in [1.165, 1.54) is 25.3 Å². The van der Waals surface area contributed by atoms with Gasteiger partial charge in [0.15, 0.2) is 11.6 Å². The van der Waals surface area contributed by atoms with Crippen LogP contribution in [0, 0.1) is 5.82 Å². The number of halogens is 3. The summed E-state index contributed by atoms with van der Waals surface area (Å²) in [5.41, 5.74) is 5.72. The number of hydrogen-bond donors (Lipinski definition) is 1. The van der Waals surface area contributed by atoms with Gasteiger partial charge in [0.05, 0.1) is 13.2 Å². The lowest BCUT2D eigenvalue weighted by Gasteiger charge is -2.11. The molecule has 0 aliphatic heterocycles. The molecule has 1 aromatic rings. The Morgan fingerprint density at radius 1 is 1.40 bits per heavy atom. The molecule has 0 spiro atoms. The van der Waals surface area contributed by atoms with Gasteiger partial charge in [-0.1, -0.05) is 6.07 Å². The number of nitrogens with two attached hydrogens (primary N) is 1. The van der Waals surface area contributed by atoms with Crippen molar-refractivity contribution in [1.82, 2.24) is 0 Å². The molecule has 1 rings (SSSR count). The molecule has 0 aliphatic carbocycles. The molecule has 0 fully saturated rings. The molecule has 0 aromatic heterocycles. The standard InChI is InChI=1S/C10H12F3NO/c1-15-9-5-6(2-3-7(9)11)4-8(14)10(12)13/h2-3,5,8,10H,4,14H2,1H3. The molecule has 0 bridgehead atoms. The van der Waals surface area contributed by atoms with E-state index < -0.39 is 18.3 Å². The lowest BCUT2D eigenvalue weighted by atomic mass is 10.1. The lowest BCUT2D eigenvalue weighted by molar-refractivity contribution is 0.116. The third-order valence-corrected chi connectivity index (χ3v) is 2.01. The average Bonchev–Trinajstić information content (AvgIpc) is 2.20. The molecule has 1 atom stereocenters. The van der Waals surface area contributed by atoms with Crippen LogP contribution in [0.3, 0.4) is 0 Å². The van der Waals surface area contributed by atoms with Crippen molar-refractivity contribution in [3.05, 3.63) is 29.6 Å². The zero-order valence-electron chi connectivity index (χ0n) is 8.21. The SMILES string of the molecule is COc1cc(CC(N)C(F)F)ccc1F. The van der Waals surface area contributed by atoms with Crippen LogP contribution >= 0.6 is 0 Å². The van der Waals surface area contributed by atoms with E-state index in [4.69, 9.17) is 10.5 Å². The molecule has 84 valence electrons. The molecule has 2 N–H and O–H groups in total. The van der Waals surface area contributed by atoms with Gasteiger partial charge in [0.25, 0.3) is 6.43 Å². The van der Waals surface area contributed by atoms with Crippen LogP contribution in [-0.2, 0) is 6.42 Å². The number of hydrogen-bond acceptors (Lipinski definition) is 2. The van der Waals surface area contributed by atoms with Gasteiger partial charge in [-0.25, -0.2) is 13.2 Å². The lowest BCUT2D eigenvalue weighted by Crippen LogP contribution is -2.30. The fraction of sp³-hybridized carbons (Fsp3) is 0.400. The number of rotatable bonds is 4. The summed E-state index contributed by atoms with van der Waals surface area (Å²) in [5, 5.41) is 0. The second-order valence-corrected chi connectivity index (χ2v) is 3.17. The van der Waals surface area contributed by atoms with Gasteiger partial charge >= 0.3 is 0 Å². The second-order valence-electron chi connectivity index (χ2n) is 3.17. The molecular formula is C10H12F3NO. The molecule has 15 heavy (non-hydrogen) atoms. The fourth-order valence-electron chi connectivity index (χ4n) is 1.19. The molecule has 5 heteroatoms. The van der Waals surface area contributed by atoms with E-state index in [9.17, 15) is 13.2 Å². The average molecular weight is 219 g/mol. The van der Waals surface area contributed by atoms with E-state index in [-0.39, 0.29) is 12.2 Å². The predicted octanol–water partition coefficient (Wildman–Crippen LogP) is 1.97. The van der Waals surface area contributed by atoms with Gasteiger partial charge in [-0.3, -0.25) is 0 Å². The Balaban J connectivity index is 2.78. The zero-order chi connectivity index (χ0) is 11.4. The number of benzene rings is 1. The quantitative estimate of drug-likeness (QED) is 0.840. The maximum absolute atomic E-state index is 13.0. The highest BCUT2D eigenvalue weighted by Gasteiger charge is 2.16. The summed E-state index contributed by atoms with van der Waals surface area (Å²) in [6.45, 7) is 0. The normalized spacial score (nSPS) is 12.9. The first-order valence-corrected chi connectivity index (χ1v) is 4.40. The molecule has 0 aliphatic rings. The first kappa shape index (κ1) is 11.8. The summed E-state index contributed by atoms with van der Waals surface area (Å²) in [7, 11) is 1.31. The minimum Gasteiger partial charge on any atom is -0.494 e. The van der Waals surface area contributed by atoms with Crippen molar-refractivity contribution >= 4 is 0 Å². The highest BCUT2D eigenvalue weighted by molar-refractivity contribution is 5.30. The van der Waals surface area contributed by atoms with Crippen molar-refractivity contribution in [2.24, 2.45) is 5.73 Å². The second kappa shape index (κ2) is 5.02. The van der Waals surface area contributed by atoms with E-state index in [1.54, 1.807) is 0 Å². The summed E-state index contributed by atoms with van der Waals surface area (Å²) in [6, 6.07) is 2.73. The van der Waals surface area contributed by atoms with E-state index in [2.05, 4.69) is 0 Å². The number of methoxy groups -OCH3 is 1. The van der Waals surface area contributed by atoms with Gasteiger partial charge < -0.3 is 10.5 Å². The zero-order valence-corrected chi connectivity index (χ0v) is 8.21. The minimum atomic E-state index is -2.58. The highest BCUT2D eigenvalue weighted by atomic mass is 19.3. The summed E-state index contributed by atoms with van der Waals surface area (Å²) < 4.78 is 42.0. The molecule has 0 radical (unpaired) electrons. The van der Waals surface area contributed by atoms with Gasteiger partial charge in [-0.05, 0) is 24.1 Å². The Morgan fingerprint density at radius 3 is 2.60 bits per heavy atom. The topological polar surface area (TPSA) is 35.2 Å². The van der Waals surface area contributed by atoms with Crippen molar-refractivity contribution in [2.45, 2.75) is 18.9 Å². The first-order valence-electron chi connectivity index (χ1n) is 4.40. The van der Waals surface area contributed by atoms with Crippen molar-refractivity contribution in [3.63, 3.8) is 0 Å².